The zero-order valence-electron chi connectivity index (χ0n) is 14.6. The number of fused-ring (bicyclic) bond motifs is 1. The molecule has 0 saturated heterocycles. The van der Waals surface area contributed by atoms with Crippen molar-refractivity contribution < 1.29 is 9.53 Å². The van der Waals surface area contributed by atoms with Gasteiger partial charge in [0.25, 0.3) is 0 Å². The van der Waals surface area contributed by atoms with Crippen molar-refractivity contribution in [2.45, 2.75) is 24.7 Å². The third kappa shape index (κ3) is 3.06. The number of benzene rings is 2. The van der Waals surface area contributed by atoms with Gasteiger partial charge in [0, 0.05) is 28.7 Å². The van der Waals surface area contributed by atoms with Gasteiger partial charge in [0.1, 0.15) is 5.75 Å². The van der Waals surface area contributed by atoms with E-state index in [0.717, 1.165) is 47.0 Å². The van der Waals surface area contributed by atoms with Crippen molar-refractivity contribution >= 4 is 28.4 Å². The average molecular weight is 369 g/mol. The maximum Gasteiger partial charge on any atom is 0.230 e. The lowest BCUT2D eigenvalue weighted by molar-refractivity contribution is -0.123. The van der Waals surface area contributed by atoms with Crippen LogP contribution in [0.1, 0.15) is 24.0 Å². The Kier molecular flexibility index (Phi) is 4.37. The molecule has 1 amide bonds. The van der Waals surface area contributed by atoms with E-state index in [1.165, 1.54) is 0 Å². The van der Waals surface area contributed by atoms with Gasteiger partial charge in [-0.25, -0.2) is 0 Å². The highest BCUT2D eigenvalue weighted by Gasteiger charge is 2.52. The Bertz CT molecular complexity index is 960. The van der Waals surface area contributed by atoms with Crippen LogP contribution in [0, 0.1) is 0 Å². The second-order valence-electron chi connectivity index (χ2n) is 6.83. The topological polar surface area (TPSA) is 54.1 Å². The molecule has 0 atom stereocenters. The molecule has 3 aromatic rings. The molecular formula is C21H21ClN2O2. The first-order valence-electron chi connectivity index (χ1n) is 8.81. The molecule has 1 saturated carbocycles. The van der Waals surface area contributed by atoms with E-state index in [0.29, 0.717) is 11.6 Å². The van der Waals surface area contributed by atoms with Gasteiger partial charge in [-0.3, -0.25) is 4.79 Å². The highest BCUT2D eigenvalue weighted by Crippen LogP contribution is 2.50. The molecular weight excluding hydrogens is 348 g/mol. The summed E-state index contributed by atoms with van der Waals surface area (Å²) in [6.07, 6.45) is 4.48. The Balaban J connectivity index is 1.46. The number of aromatic amines is 1. The van der Waals surface area contributed by atoms with Gasteiger partial charge >= 0.3 is 0 Å². The van der Waals surface area contributed by atoms with Crippen LogP contribution >= 0.6 is 11.6 Å². The molecule has 4 nitrogen and oxygen atoms in total. The van der Waals surface area contributed by atoms with Gasteiger partial charge in [0.05, 0.1) is 12.5 Å². The fraction of sp³-hybridized carbons (Fsp3) is 0.286. The normalized spacial score (nSPS) is 15.0. The Labute approximate surface area is 157 Å². The van der Waals surface area contributed by atoms with Crippen LogP contribution in [-0.2, 0) is 16.6 Å². The van der Waals surface area contributed by atoms with Crippen LogP contribution in [0.15, 0.2) is 48.7 Å². The van der Waals surface area contributed by atoms with E-state index >= 15 is 0 Å². The molecule has 0 aliphatic heterocycles. The fourth-order valence-corrected chi connectivity index (χ4v) is 3.72. The predicted octanol–water partition coefficient (Wildman–Crippen LogP) is 4.22. The molecule has 5 heteroatoms. The van der Waals surface area contributed by atoms with E-state index in [2.05, 4.69) is 10.3 Å². The number of aromatic nitrogens is 1. The first-order valence-corrected chi connectivity index (χ1v) is 9.18. The molecule has 0 spiro atoms. The lowest BCUT2D eigenvalue weighted by Gasteiger charge is -2.15. The SMILES string of the molecule is COc1cccc(CCNC(=O)C2(c3c[nH]c4ccc(Cl)cc34)CC2)c1. The minimum absolute atomic E-state index is 0.0984. The highest BCUT2D eigenvalue weighted by atomic mass is 35.5. The second kappa shape index (κ2) is 6.69. The van der Waals surface area contributed by atoms with E-state index in [4.69, 9.17) is 16.3 Å². The van der Waals surface area contributed by atoms with Crippen LogP contribution < -0.4 is 10.1 Å². The first kappa shape index (κ1) is 17.0. The molecule has 1 aromatic heterocycles. The van der Waals surface area contributed by atoms with Crippen molar-refractivity contribution in [1.29, 1.82) is 0 Å². The van der Waals surface area contributed by atoms with Gasteiger partial charge in [-0.05, 0) is 60.7 Å². The number of hydrogen-bond acceptors (Lipinski definition) is 2. The van der Waals surface area contributed by atoms with E-state index in [1.807, 2.05) is 48.7 Å². The van der Waals surface area contributed by atoms with Crippen LogP contribution in [0.3, 0.4) is 0 Å². The van der Waals surface area contributed by atoms with E-state index in [1.54, 1.807) is 7.11 Å². The third-order valence-corrected chi connectivity index (χ3v) is 5.41. The summed E-state index contributed by atoms with van der Waals surface area (Å²) in [5, 5.41) is 4.84. The van der Waals surface area contributed by atoms with E-state index < -0.39 is 5.41 Å². The smallest absolute Gasteiger partial charge is 0.230 e. The first-order chi connectivity index (χ1) is 12.6. The molecule has 2 N–H and O–H groups in total. The lowest BCUT2D eigenvalue weighted by atomic mass is 9.94. The predicted molar refractivity (Wildman–Crippen MR) is 104 cm³/mol. The number of halogens is 1. The highest BCUT2D eigenvalue weighted by molar-refractivity contribution is 6.31. The monoisotopic (exact) mass is 368 g/mol. The van der Waals surface area contributed by atoms with Crippen LogP contribution in [-0.4, -0.2) is 24.5 Å². The molecule has 1 aliphatic rings. The minimum Gasteiger partial charge on any atom is -0.497 e. The standard InChI is InChI=1S/C21H21ClN2O2/c1-26-16-4-2-3-14(11-16)7-10-23-20(25)21(8-9-21)18-13-24-19-6-5-15(22)12-17(18)19/h2-6,11-13,24H,7-10H2,1H3,(H,23,25). The number of methoxy groups -OCH3 is 1. The maximum atomic E-state index is 12.9. The summed E-state index contributed by atoms with van der Waals surface area (Å²) >= 11 is 6.15. The number of H-pyrrole nitrogens is 1. The van der Waals surface area contributed by atoms with Crippen molar-refractivity contribution in [3.63, 3.8) is 0 Å². The molecule has 1 fully saturated rings. The largest absolute Gasteiger partial charge is 0.497 e. The number of carbonyl (C=O) groups excluding carboxylic acids is 1. The number of hydrogen-bond donors (Lipinski definition) is 2. The van der Waals surface area contributed by atoms with Crippen molar-refractivity contribution in [1.82, 2.24) is 10.3 Å². The van der Waals surface area contributed by atoms with Gasteiger partial charge in [0.15, 0.2) is 0 Å². The summed E-state index contributed by atoms with van der Waals surface area (Å²) in [6, 6.07) is 13.7. The zero-order valence-corrected chi connectivity index (χ0v) is 15.4. The summed E-state index contributed by atoms with van der Waals surface area (Å²) in [4.78, 5) is 16.1. The lowest BCUT2D eigenvalue weighted by Crippen LogP contribution is -2.35. The van der Waals surface area contributed by atoms with Crippen molar-refractivity contribution in [3.05, 3.63) is 64.8 Å². The quantitative estimate of drug-likeness (QED) is 0.684. The Morgan fingerprint density at radius 1 is 1.27 bits per heavy atom. The van der Waals surface area contributed by atoms with Crippen molar-refractivity contribution in [2.75, 3.05) is 13.7 Å². The summed E-state index contributed by atoms with van der Waals surface area (Å²) in [5.41, 5.74) is 2.79. The summed E-state index contributed by atoms with van der Waals surface area (Å²) < 4.78 is 5.24. The zero-order chi connectivity index (χ0) is 18.1. The van der Waals surface area contributed by atoms with E-state index in [-0.39, 0.29) is 5.91 Å². The van der Waals surface area contributed by atoms with Crippen molar-refractivity contribution in [3.8, 4) is 5.75 Å². The van der Waals surface area contributed by atoms with Gasteiger partial charge < -0.3 is 15.0 Å². The molecule has 134 valence electrons. The van der Waals surface area contributed by atoms with Crippen LogP contribution in [0.25, 0.3) is 10.9 Å². The number of ether oxygens (including phenoxy) is 1. The second-order valence-corrected chi connectivity index (χ2v) is 7.27. The number of carbonyl (C=O) groups is 1. The molecule has 0 bridgehead atoms. The van der Waals surface area contributed by atoms with Gasteiger partial charge in [0.2, 0.25) is 5.91 Å². The molecule has 4 rings (SSSR count). The van der Waals surface area contributed by atoms with Crippen LogP contribution in [0.5, 0.6) is 5.75 Å². The number of amides is 1. The Hall–Kier alpha value is -2.46. The Morgan fingerprint density at radius 2 is 2.12 bits per heavy atom. The molecule has 1 heterocycles. The molecule has 2 aromatic carbocycles. The van der Waals surface area contributed by atoms with Crippen LogP contribution in [0.2, 0.25) is 5.02 Å². The molecule has 26 heavy (non-hydrogen) atoms. The fourth-order valence-electron chi connectivity index (χ4n) is 3.55. The van der Waals surface area contributed by atoms with Gasteiger partial charge in [-0.1, -0.05) is 23.7 Å². The Morgan fingerprint density at radius 3 is 2.88 bits per heavy atom. The number of nitrogens with one attached hydrogen (secondary N) is 2. The molecule has 1 aliphatic carbocycles. The van der Waals surface area contributed by atoms with E-state index in [9.17, 15) is 4.79 Å². The number of rotatable bonds is 6. The summed E-state index contributed by atoms with van der Waals surface area (Å²) in [5.74, 6) is 0.935. The minimum atomic E-state index is -0.419. The average Bonchev–Trinajstić information content (AvgIpc) is 3.36. The summed E-state index contributed by atoms with van der Waals surface area (Å²) in [7, 11) is 1.66. The molecule has 0 radical (unpaired) electrons. The molecule has 0 unspecified atom stereocenters. The summed E-state index contributed by atoms with van der Waals surface area (Å²) in [6.45, 7) is 0.608. The third-order valence-electron chi connectivity index (χ3n) is 5.18. The van der Waals surface area contributed by atoms with Gasteiger partial charge in [-0.15, -0.1) is 0 Å². The van der Waals surface area contributed by atoms with Crippen molar-refractivity contribution in [2.24, 2.45) is 0 Å². The van der Waals surface area contributed by atoms with Gasteiger partial charge in [-0.2, -0.15) is 0 Å². The van der Waals surface area contributed by atoms with Crippen LogP contribution in [0.4, 0.5) is 0 Å². The maximum absolute atomic E-state index is 12.9.